The van der Waals surface area contributed by atoms with Gasteiger partial charge in [-0.15, -0.1) is 16.9 Å². The third-order valence-electron chi connectivity index (χ3n) is 5.33. The van der Waals surface area contributed by atoms with Crippen molar-refractivity contribution in [2.45, 2.75) is 18.5 Å². The predicted molar refractivity (Wildman–Crippen MR) is 123 cm³/mol. The summed E-state index contributed by atoms with van der Waals surface area (Å²) in [6.07, 6.45) is 2.21. The molecule has 1 atom stereocenters. The molecule has 0 aliphatic carbocycles. The maximum absolute atomic E-state index is 10.8. The van der Waals surface area contributed by atoms with E-state index in [2.05, 4.69) is 39.2 Å². The number of carbonyl (C=O) groups excluding carboxylic acids is 1. The molecule has 1 fully saturated rings. The zero-order chi connectivity index (χ0) is 22.3. The Hall–Kier alpha value is -2.90. The van der Waals surface area contributed by atoms with E-state index in [1.807, 2.05) is 36.6 Å². The lowest BCUT2D eigenvalue weighted by atomic mass is 10.1. The standard InChI is InChI=1S/C23H25N5O3S/c1-32-23(28(30)17-29)16-27-22-9-8-19(14-21(22)24-25-27)5-2-18-3-6-20(7-4-18)15-26-10-12-31-13-11-26/h3-4,6-9,14,17,23,30H,10-13,15-16H2,1H3/t23-/m1/s1. The Morgan fingerprint density at radius 3 is 2.62 bits per heavy atom. The average Bonchev–Trinajstić information content (AvgIpc) is 3.24. The van der Waals surface area contributed by atoms with Gasteiger partial charge in [-0.05, 0) is 42.2 Å². The molecule has 1 amide bonds. The number of carbonyl (C=O) groups is 1. The first-order valence-corrected chi connectivity index (χ1v) is 11.6. The minimum atomic E-state index is -0.442. The number of benzene rings is 2. The van der Waals surface area contributed by atoms with Gasteiger partial charge in [0.05, 0.1) is 25.3 Å². The second-order valence-electron chi connectivity index (χ2n) is 7.49. The lowest BCUT2D eigenvalue weighted by molar-refractivity contribution is -0.153. The molecular weight excluding hydrogens is 426 g/mol. The fourth-order valence-electron chi connectivity index (χ4n) is 3.52. The number of rotatable bonds is 7. The smallest absolute Gasteiger partial charge is 0.234 e. The Balaban J connectivity index is 1.43. The molecule has 8 nitrogen and oxygen atoms in total. The maximum atomic E-state index is 10.8. The topological polar surface area (TPSA) is 83.7 Å². The molecule has 2 aromatic carbocycles. The Morgan fingerprint density at radius 1 is 1.19 bits per heavy atom. The first kappa shape index (κ1) is 22.3. The highest BCUT2D eigenvalue weighted by Crippen LogP contribution is 2.17. The molecule has 1 aliphatic heterocycles. The number of aromatic nitrogens is 3. The van der Waals surface area contributed by atoms with Crippen LogP contribution in [0.5, 0.6) is 0 Å². The second kappa shape index (κ2) is 10.6. The molecule has 166 valence electrons. The molecule has 1 aliphatic rings. The van der Waals surface area contributed by atoms with E-state index in [1.165, 1.54) is 17.3 Å². The molecule has 32 heavy (non-hydrogen) atoms. The summed E-state index contributed by atoms with van der Waals surface area (Å²) in [4.78, 5) is 13.2. The number of fused-ring (bicyclic) bond motifs is 1. The number of hydrogen-bond donors (Lipinski definition) is 1. The first-order chi connectivity index (χ1) is 15.7. The summed E-state index contributed by atoms with van der Waals surface area (Å²) in [5.41, 5.74) is 4.61. The number of nitrogens with zero attached hydrogens (tertiary/aromatic N) is 5. The van der Waals surface area contributed by atoms with E-state index in [4.69, 9.17) is 4.74 Å². The molecule has 4 rings (SSSR count). The van der Waals surface area contributed by atoms with Crippen molar-refractivity contribution in [2.24, 2.45) is 0 Å². The van der Waals surface area contributed by atoms with Crippen molar-refractivity contribution in [3.63, 3.8) is 0 Å². The van der Waals surface area contributed by atoms with Crippen molar-refractivity contribution < 1.29 is 14.7 Å². The molecular formula is C23H25N5O3S. The van der Waals surface area contributed by atoms with Gasteiger partial charge in [-0.25, -0.2) is 9.75 Å². The van der Waals surface area contributed by atoms with Crippen LogP contribution in [0.15, 0.2) is 42.5 Å². The number of hydrogen-bond acceptors (Lipinski definition) is 7. The van der Waals surface area contributed by atoms with Gasteiger partial charge >= 0.3 is 0 Å². The molecule has 1 N–H and O–H groups in total. The zero-order valence-corrected chi connectivity index (χ0v) is 18.7. The van der Waals surface area contributed by atoms with Crippen LogP contribution >= 0.6 is 11.8 Å². The number of ether oxygens (including phenoxy) is 1. The lowest BCUT2D eigenvalue weighted by Gasteiger charge is -2.26. The van der Waals surface area contributed by atoms with Crippen LogP contribution in [0.2, 0.25) is 0 Å². The highest BCUT2D eigenvalue weighted by Gasteiger charge is 2.17. The third-order valence-corrected chi connectivity index (χ3v) is 6.24. The van der Waals surface area contributed by atoms with Crippen LogP contribution in [0.25, 0.3) is 11.0 Å². The van der Waals surface area contributed by atoms with E-state index in [1.54, 1.807) is 4.68 Å². The maximum Gasteiger partial charge on any atom is 0.234 e. The zero-order valence-electron chi connectivity index (χ0n) is 17.8. The van der Waals surface area contributed by atoms with Gasteiger partial charge in [-0.3, -0.25) is 14.9 Å². The molecule has 1 saturated heterocycles. The molecule has 1 aromatic heterocycles. The SMILES string of the molecule is CS[C@H](Cn1nnc2cc(C#Cc3ccc(CN4CCOCC4)cc3)ccc21)N(O)C=O. The van der Waals surface area contributed by atoms with Crippen LogP contribution in [0, 0.1) is 11.8 Å². The lowest BCUT2D eigenvalue weighted by Crippen LogP contribution is -2.35. The van der Waals surface area contributed by atoms with Crippen LogP contribution in [-0.2, 0) is 22.6 Å². The molecule has 3 aromatic rings. The van der Waals surface area contributed by atoms with E-state index >= 15 is 0 Å². The van der Waals surface area contributed by atoms with E-state index in [0.717, 1.165) is 49.5 Å². The number of hydroxylamine groups is 2. The highest BCUT2D eigenvalue weighted by atomic mass is 32.2. The van der Waals surface area contributed by atoms with E-state index in [9.17, 15) is 10.0 Å². The van der Waals surface area contributed by atoms with Crippen molar-refractivity contribution >= 4 is 29.2 Å². The summed E-state index contributed by atoms with van der Waals surface area (Å²) in [5, 5.41) is 18.2. The van der Waals surface area contributed by atoms with Gasteiger partial charge < -0.3 is 4.74 Å². The van der Waals surface area contributed by atoms with Gasteiger partial charge in [0, 0.05) is 30.8 Å². The van der Waals surface area contributed by atoms with Crippen molar-refractivity contribution in [3.8, 4) is 11.8 Å². The Bertz CT molecular complexity index is 1120. The van der Waals surface area contributed by atoms with E-state index < -0.39 is 5.37 Å². The van der Waals surface area contributed by atoms with Crippen LogP contribution < -0.4 is 0 Å². The van der Waals surface area contributed by atoms with Crippen molar-refractivity contribution in [1.29, 1.82) is 0 Å². The highest BCUT2D eigenvalue weighted by molar-refractivity contribution is 7.99. The number of amides is 1. The van der Waals surface area contributed by atoms with E-state index in [0.29, 0.717) is 23.5 Å². The summed E-state index contributed by atoms with van der Waals surface area (Å²) in [6, 6.07) is 14.1. The molecule has 2 heterocycles. The fourth-order valence-corrected chi connectivity index (χ4v) is 4.08. The molecule has 0 radical (unpaired) electrons. The normalized spacial score (nSPS) is 15.2. The molecule has 0 unspecified atom stereocenters. The first-order valence-electron chi connectivity index (χ1n) is 10.4. The van der Waals surface area contributed by atoms with Crippen LogP contribution in [0.3, 0.4) is 0 Å². The van der Waals surface area contributed by atoms with Gasteiger partial charge in [0.25, 0.3) is 0 Å². The molecule has 0 bridgehead atoms. The summed E-state index contributed by atoms with van der Waals surface area (Å²) < 4.78 is 7.07. The van der Waals surface area contributed by atoms with Crippen molar-refractivity contribution in [2.75, 3.05) is 32.6 Å². The van der Waals surface area contributed by atoms with Crippen LogP contribution in [0.4, 0.5) is 0 Å². The molecule has 9 heteroatoms. The summed E-state index contributed by atoms with van der Waals surface area (Å²) in [5.74, 6) is 6.40. The van der Waals surface area contributed by atoms with Gasteiger partial charge in [-0.1, -0.05) is 29.2 Å². The van der Waals surface area contributed by atoms with Gasteiger partial charge in [-0.2, -0.15) is 0 Å². The minimum absolute atomic E-state index is 0.328. The molecule has 0 spiro atoms. The minimum Gasteiger partial charge on any atom is -0.379 e. The summed E-state index contributed by atoms with van der Waals surface area (Å²) in [6.45, 7) is 4.82. The largest absolute Gasteiger partial charge is 0.379 e. The number of thioether (sulfide) groups is 1. The van der Waals surface area contributed by atoms with E-state index in [-0.39, 0.29) is 0 Å². The third kappa shape index (κ3) is 5.47. The number of morpholine rings is 1. The summed E-state index contributed by atoms with van der Waals surface area (Å²) >= 11 is 1.35. The van der Waals surface area contributed by atoms with Gasteiger partial charge in [0.1, 0.15) is 10.9 Å². The average molecular weight is 452 g/mol. The van der Waals surface area contributed by atoms with Crippen molar-refractivity contribution in [1.82, 2.24) is 25.0 Å². The monoisotopic (exact) mass is 451 g/mol. The predicted octanol–water partition coefficient (Wildman–Crippen LogP) is 2.20. The van der Waals surface area contributed by atoms with Crippen LogP contribution in [0.1, 0.15) is 16.7 Å². The van der Waals surface area contributed by atoms with Crippen LogP contribution in [-0.4, -0.2) is 74.5 Å². The Labute approximate surface area is 191 Å². The second-order valence-corrected chi connectivity index (χ2v) is 8.50. The fraction of sp³-hybridized carbons (Fsp3) is 0.348. The van der Waals surface area contributed by atoms with Gasteiger partial charge in [0.15, 0.2) is 0 Å². The Kier molecular flexibility index (Phi) is 7.39. The van der Waals surface area contributed by atoms with Gasteiger partial charge in [0.2, 0.25) is 6.41 Å². The Morgan fingerprint density at radius 2 is 1.91 bits per heavy atom. The summed E-state index contributed by atoms with van der Waals surface area (Å²) in [7, 11) is 0. The molecule has 0 saturated carbocycles. The van der Waals surface area contributed by atoms with Crippen molar-refractivity contribution in [3.05, 3.63) is 59.2 Å². The quantitative estimate of drug-likeness (QED) is 0.194.